The number of nitriles is 1. The van der Waals surface area contributed by atoms with Crippen LogP contribution in [-0.4, -0.2) is 38.1 Å². The predicted molar refractivity (Wildman–Crippen MR) is 102 cm³/mol. The number of amides is 1. The van der Waals surface area contributed by atoms with Gasteiger partial charge in [-0.25, -0.2) is 0 Å². The molecule has 5 heteroatoms. The summed E-state index contributed by atoms with van der Waals surface area (Å²) in [6.45, 7) is 0.549. The summed E-state index contributed by atoms with van der Waals surface area (Å²) in [5.74, 6) is 0.488. The van der Waals surface area contributed by atoms with Crippen LogP contribution in [0.5, 0.6) is 5.75 Å². The van der Waals surface area contributed by atoms with Gasteiger partial charge in [-0.1, -0.05) is 42.5 Å². The van der Waals surface area contributed by atoms with Crippen molar-refractivity contribution in [1.29, 1.82) is 5.26 Å². The highest BCUT2D eigenvalue weighted by molar-refractivity contribution is 5.91. The first kappa shape index (κ1) is 19.2. The normalized spacial score (nSPS) is 11.9. The topological polar surface area (TPSA) is 65.4 Å². The quantitative estimate of drug-likeness (QED) is 0.744. The van der Waals surface area contributed by atoms with E-state index in [1.165, 1.54) is 6.08 Å². The van der Waals surface area contributed by atoms with Crippen molar-refractivity contribution in [2.75, 3.05) is 27.2 Å². The summed E-state index contributed by atoms with van der Waals surface area (Å²) in [6, 6.07) is 19.3. The van der Waals surface area contributed by atoms with E-state index >= 15 is 0 Å². The van der Waals surface area contributed by atoms with E-state index in [2.05, 4.69) is 22.3 Å². The largest absolute Gasteiger partial charge is 0.479 e. The second-order valence-electron chi connectivity index (χ2n) is 5.98. The molecule has 0 bridgehead atoms. The van der Waals surface area contributed by atoms with Crippen LogP contribution in [0.1, 0.15) is 17.2 Å². The first-order valence-corrected chi connectivity index (χ1v) is 8.37. The summed E-state index contributed by atoms with van der Waals surface area (Å²) in [4.78, 5) is 14.2. The van der Waals surface area contributed by atoms with Crippen molar-refractivity contribution >= 4 is 12.0 Å². The molecular weight excluding hydrogens is 326 g/mol. The fourth-order valence-electron chi connectivity index (χ4n) is 2.49. The van der Waals surface area contributed by atoms with E-state index < -0.39 is 0 Å². The van der Waals surface area contributed by atoms with Gasteiger partial charge in [0.1, 0.15) is 11.8 Å². The van der Waals surface area contributed by atoms with Gasteiger partial charge in [0.15, 0.2) is 6.61 Å². The number of rotatable bonds is 8. The van der Waals surface area contributed by atoms with Crippen molar-refractivity contribution in [2.45, 2.75) is 6.04 Å². The SMILES string of the molecule is CN(C)C(CNC(=O)/C=C/c1ccc(OCC#N)cc1)c1ccccc1. The molecular formula is C21H23N3O2. The highest BCUT2D eigenvalue weighted by Crippen LogP contribution is 2.17. The van der Waals surface area contributed by atoms with Crippen LogP contribution >= 0.6 is 0 Å². The molecule has 0 saturated heterocycles. The van der Waals surface area contributed by atoms with Crippen molar-refractivity contribution in [3.05, 3.63) is 71.8 Å². The van der Waals surface area contributed by atoms with E-state index in [1.54, 1.807) is 18.2 Å². The molecule has 0 fully saturated rings. The average Bonchev–Trinajstić information content (AvgIpc) is 2.66. The third-order valence-corrected chi connectivity index (χ3v) is 3.89. The first-order valence-electron chi connectivity index (χ1n) is 8.37. The molecule has 0 aliphatic carbocycles. The second-order valence-corrected chi connectivity index (χ2v) is 5.98. The van der Waals surface area contributed by atoms with Crippen LogP contribution < -0.4 is 10.1 Å². The molecule has 2 aromatic carbocycles. The zero-order chi connectivity index (χ0) is 18.8. The summed E-state index contributed by atoms with van der Waals surface area (Å²) in [7, 11) is 3.99. The van der Waals surface area contributed by atoms with Crippen LogP contribution in [0, 0.1) is 11.3 Å². The minimum Gasteiger partial charge on any atom is -0.479 e. The zero-order valence-electron chi connectivity index (χ0n) is 15.1. The Morgan fingerprint density at radius 2 is 1.88 bits per heavy atom. The number of carbonyl (C=O) groups is 1. The minimum absolute atomic E-state index is 0.0199. The molecule has 0 heterocycles. The Labute approximate surface area is 154 Å². The standard InChI is InChI=1S/C21H23N3O2/c1-24(2)20(18-6-4-3-5-7-18)16-23-21(25)13-10-17-8-11-19(12-9-17)26-15-14-22/h3-13,20H,15-16H2,1-2H3,(H,23,25)/b13-10+. The summed E-state index contributed by atoms with van der Waals surface area (Å²) in [5, 5.41) is 11.4. The van der Waals surface area contributed by atoms with Crippen molar-refractivity contribution in [1.82, 2.24) is 10.2 Å². The number of nitrogens with zero attached hydrogens (tertiary/aromatic N) is 2. The Hall–Kier alpha value is -3.10. The van der Waals surface area contributed by atoms with Crippen LogP contribution in [0.15, 0.2) is 60.7 Å². The lowest BCUT2D eigenvalue weighted by atomic mass is 10.1. The third kappa shape index (κ3) is 6.08. The highest BCUT2D eigenvalue weighted by atomic mass is 16.5. The molecule has 5 nitrogen and oxygen atoms in total. The van der Waals surface area contributed by atoms with E-state index in [9.17, 15) is 4.79 Å². The molecule has 0 spiro atoms. The lowest BCUT2D eigenvalue weighted by Gasteiger charge is -2.24. The lowest BCUT2D eigenvalue weighted by Crippen LogP contribution is -2.33. The van der Waals surface area contributed by atoms with Gasteiger partial charge in [-0.3, -0.25) is 4.79 Å². The number of likely N-dealkylation sites (N-methyl/N-ethyl adjacent to an activating group) is 1. The Morgan fingerprint density at radius 1 is 1.19 bits per heavy atom. The number of benzene rings is 2. The zero-order valence-corrected chi connectivity index (χ0v) is 15.1. The van der Waals surface area contributed by atoms with Crippen LogP contribution in [-0.2, 0) is 4.79 Å². The smallest absolute Gasteiger partial charge is 0.244 e. The number of carbonyl (C=O) groups excluding carboxylic acids is 1. The van der Waals surface area contributed by atoms with Crippen LogP contribution in [0.3, 0.4) is 0 Å². The monoisotopic (exact) mass is 349 g/mol. The number of hydrogen-bond acceptors (Lipinski definition) is 4. The van der Waals surface area contributed by atoms with E-state index in [4.69, 9.17) is 10.00 Å². The number of hydrogen-bond donors (Lipinski definition) is 1. The fourth-order valence-corrected chi connectivity index (χ4v) is 2.49. The molecule has 26 heavy (non-hydrogen) atoms. The minimum atomic E-state index is -0.141. The maximum Gasteiger partial charge on any atom is 0.244 e. The van der Waals surface area contributed by atoms with Gasteiger partial charge in [-0.15, -0.1) is 0 Å². The Balaban J connectivity index is 1.89. The fraction of sp³-hybridized carbons (Fsp3) is 0.238. The summed E-state index contributed by atoms with van der Waals surface area (Å²) in [5.41, 5.74) is 2.05. The lowest BCUT2D eigenvalue weighted by molar-refractivity contribution is -0.116. The van der Waals surface area contributed by atoms with Gasteiger partial charge in [-0.2, -0.15) is 5.26 Å². The summed E-state index contributed by atoms with van der Waals surface area (Å²) < 4.78 is 5.20. The maximum atomic E-state index is 12.1. The number of ether oxygens (including phenoxy) is 1. The Bertz CT molecular complexity index is 762. The molecule has 2 rings (SSSR count). The molecule has 2 aromatic rings. The highest BCUT2D eigenvalue weighted by Gasteiger charge is 2.14. The molecule has 0 aliphatic heterocycles. The molecule has 0 aliphatic rings. The summed E-state index contributed by atoms with van der Waals surface area (Å²) in [6.07, 6.45) is 3.26. The first-order chi connectivity index (χ1) is 12.6. The van der Waals surface area contributed by atoms with Gasteiger partial charge in [0.2, 0.25) is 5.91 Å². The van der Waals surface area contributed by atoms with E-state index in [0.717, 1.165) is 11.1 Å². The molecule has 134 valence electrons. The molecule has 1 N–H and O–H groups in total. The van der Waals surface area contributed by atoms with Gasteiger partial charge in [0, 0.05) is 12.6 Å². The maximum absolute atomic E-state index is 12.1. The van der Waals surface area contributed by atoms with Gasteiger partial charge < -0.3 is 15.0 Å². The van der Waals surface area contributed by atoms with Crippen molar-refractivity contribution < 1.29 is 9.53 Å². The second kappa shape index (κ2) is 10.0. The summed E-state index contributed by atoms with van der Waals surface area (Å²) >= 11 is 0. The van der Waals surface area contributed by atoms with Crippen LogP contribution in [0.25, 0.3) is 6.08 Å². The molecule has 0 saturated carbocycles. The van der Waals surface area contributed by atoms with Gasteiger partial charge >= 0.3 is 0 Å². The molecule has 1 unspecified atom stereocenters. The predicted octanol–water partition coefficient (Wildman–Crippen LogP) is 3.02. The van der Waals surface area contributed by atoms with Crippen LogP contribution in [0.4, 0.5) is 0 Å². The Kier molecular flexibility index (Phi) is 7.41. The van der Waals surface area contributed by atoms with Gasteiger partial charge in [0.05, 0.1) is 6.04 Å². The third-order valence-electron chi connectivity index (χ3n) is 3.89. The van der Waals surface area contributed by atoms with E-state index in [0.29, 0.717) is 12.3 Å². The van der Waals surface area contributed by atoms with E-state index in [-0.39, 0.29) is 18.6 Å². The average molecular weight is 349 g/mol. The number of nitrogens with one attached hydrogen (secondary N) is 1. The van der Waals surface area contributed by atoms with Gasteiger partial charge in [-0.05, 0) is 43.4 Å². The molecule has 1 atom stereocenters. The van der Waals surface area contributed by atoms with E-state index in [1.807, 2.05) is 50.5 Å². The Morgan fingerprint density at radius 3 is 2.50 bits per heavy atom. The van der Waals surface area contributed by atoms with Crippen molar-refractivity contribution in [2.24, 2.45) is 0 Å². The van der Waals surface area contributed by atoms with Crippen molar-refractivity contribution in [3.63, 3.8) is 0 Å². The van der Waals surface area contributed by atoms with Crippen molar-refractivity contribution in [3.8, 4) is 11.8 Å². The molecule has 1 amide bonds. The molecule has 0 aromatic heterocycles. The molecule has 0 radical (unpaired) electrons. The van der Waals surface area contributed by atoms with Gasteiger partial charge in [0.25, 0.3) is 0 Å². The van der Waals surface area contributed by atoms with Crippen LogP contribution in [0.2, 0.25) is 0 Å².